The Morgan fingerprint density at radius 1 is 1.29 bits per heavy atom. The second-order valence-corrected chi connectivity index (χ2v) is 7.67. The van der Waals surface area contributed by atoms with Gasteiger partial charge in [0.2, 0.25) is 5.91 Å². The standard InChI is InChI=1S/C20H31N3O/c1-16-12-19(8-10-21-16)20(24)22(2)13-18-9-11-23(15-18)14-17-6-4-3-5-7-17/h3-7,16,18-19,21H,8-15H2,1-2H3/t16-,18?,19-/m0/s1. The van der Waals surface area contributed by atoms with E-state index in [1.807, 2.05) is 11.9 Å². The lowest BCUT2D eigenvalue weighted by molar-refractivity contribution is -0.135. The first-order chi connectivity index (χ1) is 11.6. The quantitative estimate of drug-likeness (QED) is 0.901. The van der Waals surface area contributed by atoms with Crippen molar-refractivity contribution in [1.29, 1.82) is 0 Å². The minimum atomic E-state index is 0.216. The Kier molecular flexibility index (Phi) is 5.90. The van der Waals surface area contributed by atoms with Crippen molar-refractivity contribution in [3.8, 4) is 0 Å². The Balaban J connectivity index is 1.45. The first-order valence-corrected chi connectivity index (χ1v) is 9.36. The van der Waals surface area contributed by atoms with Gasteiger partial charge in [0.15, 0.2) is 0 Å². The van der Waals surface area contributed by atoms with Crippen LogP contribution in [0.5, 0.6) is 0 Å². The molecule has 1 amide bonds. The van der Waals surface area contributed by atoms with Crippen molar-refractivity contribution < 1.29 is 4.79 Å². The molecule has 1 aromatic rings. The van der Waals surface area contributed by atoms with Crippen molar-refractivity contribution in [2.45, 2.75) is 38.8 Å². The number of carbonyl (C=O) groups excluding carboxylic acids is 1. The first-order valence-electron chi connectivity index (χ1n) is 9.36. The Bertz CT molecular complexity index is 533. The van der Waals surface area contributed by atoms with Crippen LogP contribution in [0.4, 0.5) is 0 Å². The Morgan fingerprint density at radius 2 is 2.08 bits per heavy atom. The summed E-state index contributed by atoms with van der Waals surface area (Å²) in [6.07, 6.45) is 3.17. The third-order valence-corrected chi connectivity index (χ3v) is 5.50. The highest BCUT2D eigenvalue weighted by molar-refractivity contribution is 5.78. The minimum Gasteiger partial charge on any atom is -0.345 e. The molecule has 0 bridgehead atoms. The van der Waals surface area contributed by atoms with Crippen LogP contribution in [0.1, 0.15) is 31.7 Å². The fourth-order valence-corrected chi connectivity index (χ4v) is 4.19. The molecule has 1 aromatic carbocycles. The minimum absolute atomic E-state index is 0.216. The van der Waals surface area contributed by atoms with E-state index in [0.29, 0.717) is 17.9 Å². The normalized spacial score (nSPS) is 28.0. The molecule has 4 nitrogen and oxygen atoms in total. The summed E-state index contributed by atoms with van der Waals surface area (Å²) >= 11 is 0. The lowest BCUT2D eigenvalue weighted by atomic mass is 9.92. The van der Waals surface area contributed by atoms with Crippen LogP contribution in [0.3, 0.4) is 0 Å². The number of nitrogens with zero attached hydrogens (tertiary/aromatic N) is 2. The van der Waals surface area contributed by atoms with Crippen molar-refractivity contribution in [2.24, 2.45) is 11.8 Å². The monoisotopic (exact) mass is 329 g/mol. The van der Waals surface area contributed by atoms with Crippen LogP contribution >= 0.6 is 0 Å². The summed E-state index contributed by atoms with van der Waals surface area (Å²) in [7, 11) is 1.99. The SMILES string of the molecule is C[C@H]1C[C@@H](C(=O)N(C)CC2CCN(Cc3ccccc3)C2)CCN1. The molecule has 132 valence electrons. The topological polar surface area (TPSA) is 35.6 Å². The van der Waals surface area contributed by atoms with Gasteiger partial charge in [-0.15, -0.1) is 0 Å². The number of benzene rings is 1. The van der Waals surface area contributed by atoms with Crippen LogP contribution in [0, 0.1) is 11.8 Å². The summed E-state index contributed by atoms with van der Waals surface area (Å²) in [5.74, 6) is 1.18. The number of amides is 1. The van der Waals surface area contributed by atoms with Crippen LogP contribution in [0.25, 0.3) is 0 Å². The highest BCUT2D eigenvalue weighted by Crippen LogP contribution is 2.22. The Hall–Kier alpha value is -1.39. The number of likely N-dealkylation sites (tertiary alicyclic amines) is 1. The maximum atomic E-state index is 12.7. The second-order valence-electron chi connectivity index (χ2n) is 7.67. The van der Waals surface area contributed by atoms with Gasteiger partial charge in [0.05, 0.1) is 0 Å². The van der Waals surface area contributed by atoms with E-state index in [2.05, 4.69) is 47.5 Å². The number of hydrogen-bond acceptors (Lipinski definition) is 3. The fraction of sp³-hybridized carbons (Fsp3) is 0.650. The molecule has 2 aliphatic heterocycles. The van der Waals surface area contributed by atoms with Crippen LogP contribution in [-0.2, 0) is 11.3 Å². The van der Waals surface area contributed by atoms with E-state index in [0.717, 1.165) is 45.6 Å². The highest BCUT2D eigenvalue weighted by atomic mass is 16.2. The second kappa shape index (κ2) is 8.13. The van der Waals surface area contributed by atoms with Gasteiger partial charge in [0, 0.05) is 38.6 Å². The van der Waals surface area contributed by atoms with Gasteiger partial charge in [-0.3, -0.25) is 9.69 Å². The van der Waals surface area contributed by atoms with E-state index in [1.54, 1.807) is 0 Å². The van der Waals surface area contributed by atoms with Gasteiger partial charge in [-0.05, 0) is 50.8 Å². The summed E-state index contributed by atoms with van der Waals surface area (Å²) in [5.41, 5.74) is 1.38. The van der Waals surface area contributed by atoms with Crippen LogP contribution in [-0.4, -0.2) is 55.0 Å². The number of hydrogen-bond donors (Lipinski definition) is 1. The third kappa shape index (κ3) is 4.58. The molecule has 0 spiro atoms. The molecular formula is C20H31N3O. The van der Waals surface area contributed by atoms with E-state index in [1.165, 1.54) is 12.0 Å². The lowest BCUT2D eigenvalue weighted by Gasteiger charge is -2.31. The van der Waals surface area contributed by atoms with Crippen LogP contribution in [0.15, 0.2) is 30.3 Å². The molecule has 0 radical (unpaired) electrons. The van der Waals surface area contributed by atoms with Gasteiger partial charge in [-0.1, -0.05) is 30.3 Å². The van der Waals surface area contributed by atoms with E-state index in [-0.39, 0.29) is 5.92 Å². The smallest absolute Gasteiger partial charge is 0.225 e. The lowest BCUT2D eigenvalue weighted by Crippen LogP contribution is -2.44. The van der Waals surface area contributed by atoms with Gasteiger partial charge in [-0.2, -0.15) is 0 Å². The summed E-state index contributed by atoms with van der Waals surface area (Å²) in [6, 6.07) is 11.1. The average Bonchev–Trinajstić information content (AvgIpc) is 3.02. The molecule has 2 aliphatic rings. The molecule has 3 atom stereocenters. The summed E-state index contributed by atoms with van der Waals surface area (Å²) < 4.78 is 0. The number of piperidine rings is 1. The van der Waals surface area contributed by atoms with Crippen LogP contribution < -0.4 is 5.32 Å². The maximum Gasteiger partial charge on any atom is 0.225 e. The zero-order valence-corrected chi connectivity index (χ0v) is 15.1. The predicted molar refractivity (Wildman–Crippen MR) is 97.7 cm³/mol. The zero-order chi connectivity index (χ0) is 16.9. The number of nitrogens with one attached hydrogen (secondary N) is 1. The molecule has 0 aliphatic carbocycles. The maximum absolute atomic E-state index is 12.7. The molecule has 3 rings (SSSR count). The van der Waals surface area contributed by atoms with Gasteiger partial charge in [0.1, 0.15) is 0 Å². The van der Waals surface area contributed by atoms with Crippen molar-refractivity contribution >= 4 is 5.91 Å². The molecule has 1 unspecified atom stereocenters. The van der Waals surface area contributed by atoms with E-state index >= 15 is 0 Å². The Labute approximate surface area is 146 Å². The average molecular weight is 329 g/mol. The predicted octanol–water partition coefficient (Wildman–Crippen LogP) is 2.35. The van der Waals surface area contributed by atoms with E-state index < -0.39 is 0 Å². The van der Waals surface area contributed by atoms with E-state index in [4.69, 9.17) is 0 Å². The van der Waals surface area contributed by atoms with Crippen molar-refractivity contribution in [1.82, 2.24) is 15.1 Å². The molecular weight excluding hydrogens is 298 g/mol. The summed E-state index contributed by atoms with van der Waals surface area (Å²) in [5, 5.41) is 3.43. The third-order valence-electron chi connectivity index (χ3n) is 5.50. The van der Waals surface area contributed by atoms with Gasteiger partial charge in [-0.25, -0.2) is 0 Å². The molecule has 2 saturated heterocycles. The molecule has 1 N–H and O–H groups in total. The molecule has 0 saturated carbocycles. The van der Waals surface area contributed by atoms with Gasteiger partial charge >= 0.3 is 0 Å². The van der Waals surface area contributed by atoms with Gasteiger partial charge < -0.3 is 10.2 Å². The largest absolute Gasteiger partial charge is 0.345 e. The Morgan fingerprint density at radius 3 is 2.83 bits per heavy atom. The summed E-state index contributed by atoms with van der Waals surface area (Å²) in [6.45, 7) is 7.34. The molecule has 2 fully saturated rings. The number of carbonyl (C=O) groups is 1. The molecule has 24 heavy (non-hydrogen) atoms. The molecule has 2 heterocycles. The first kappa shape index (κ1) is 17.4. The molecule has 4 heteroatoms. The fourth-order valence-electron chi connectivity index (χ4n) is 4.19. The number of rotatable bonds is 5. The summed E-state index contributed by atoms with van der Waals surface area (Å²) in [4.78, 5) is 17.2. The van der Waals surface area contributed by atoms with Crippen molar-refractivity contribution in [3.63, 3.8) is 0 Å². The van der Waals surface area contributed by atoms with E-state index in [9.17, 15) is 4.79 Å². The van der Waals surface area contributed by atoms with Crippen molar-refractivity contribution in [3.05, 3.63) is 35.9 Å². The zero-order valence-electron chi connectivity index (χ0n) is 15.1. The van der Waals surface area contributed by atoms with Crippen LogP contribution in [0.2, 0.25) is 0 Å². The highest BCUT2D eigenvalue weighted by Gasteiger charge is 2.30. The van der Waals surface area contributed by atoms with Crippen molar-refractivity contribution in [2.75, 3.05) is 33.2 Å². The van der Waals surface area contributed by atoms with Gasteiger partial charge in [0.25, 0.3) is 0 Å². The molecule has 0 aromatic heterocycles.